The molecule has 2 aromatic rings. The zero-order valence-electron chi connectivity index (χ0n) is 15.4. The van der Waals surface area contributed by atoms with Gasteiger partial charge in [0.15, 0.2) is 5.96 Å². The molecule has 1 fully saturated rings. The summed E-state index contributed by atoms with van der Waals surface area (Å²) in [5, 5.41) is 3.38. The Morgan fingerprint density at radius 1 is 1.15 bits per heavy atom. The van der Waals surface area contributed by atoms with Crippen LogP contribution >= 0.6 is 24.0 Å². The monoisotopic (exact) mass is 470 g/mol. The molecule has 1 aliphatic heterocycles. The zero-order chi connectivity index (χ0) is 17.5. The molecule has 0 bridgehead atoms. The third-order valence-corrected chi connectivity index (χ3v) is 4.30. The zero-order valence-corrected chi connectivity index (χ0v) is 17.7. The number of piperazine rings is 1. The molecule has 7 heteroatoms. The van der Waals surface area contributed by atoms with Crippen molar-refractivity contribution < 1.29 is 9.15 Å². The van der Waals surface area contributed by atoms with Crippen molar-refractivity contribution >= 4 is 35.6 Å². The summed E-state index contributed by atoms with van der Waals surface area (Å²) < 4.78 is 10.9. The van der Waals surface area contributed by atoms with Crippen LogP contribution in [-0.4, -0.2) is 50.7 Å². The van der Waals surface area contributed by atoms with Gasteiger partial charge in [-0.15, -0.1) is 24.0 Å². The first-order chi connectivity index (χ1) is 12.3. The predicted octanol–water partition coefficient (Wildman–Crippen LogP) is 3.19. The summed E-state index contributed by atoms with van der Waals surface area (Å²) in [5.74, 6) is 2.75. The minimum absolute atomic E-state index is 0. The lowest BCUT2D eigenvalue weighted by Crippen LogP contribution is -2.52. The lowest BCUT2D eigenvalue weighted by atomic mass is 10.2. The molecule has 0 spiro atoms. The molecule has 0 atom stereocenters. The molecule has 1 aliphatic rings. The maximum absolute atomic E-state index is 5.49. The Bertz CT molecular complexity index is 683. The van der Waals surface area contributed by atoms with Gasteiger partial charge >= 0.3 is 0 Å². The van der Waals surface area contributed by atoms with Crippen molar-refractivity contribution in [2.24, 2.45) is 4.99 Å². The van der Waals surface area contributed by atoms with E-state index in [4.69, 9.17) is 14.1 Å². The van der Waals surface area contributed by atoms with E-state index in [1.807, 2.05) is 24.3 Å². The molecule has 0 aliphatic carbocycles. The van der Waals surface area contributed by atoms with Crippen LogP contribution in [0.15, 0.2) is 52.1 Å². The van der Waals surface area contributed by atoms with Crippen LogP contribution in [0.1, 0.15) is 12.7 Å². The van der Waals surface area contributed by atoms with Crippen LogP contribution in [0, 0.1) is 0 Å². The van der Waals surface area contributed by atoms with Gasteiger partial charge in [0.2, 0.25) is 0 Å². The fourth-order valence-corrected chi connectivity index (χ4v) is 3.03. The van der Waals surface area contributed by atoms with E-state index in [0.29, 0.717) is 6.54 Å². The highest BCUT2D eigenvalue weighted by Crippen LogP contribution is 2.28. The minimum Gasteiger partial charge on any atom is -0.495 e. The number of hydrogen-bond donors (Lipinski definition) is 1. The van der Waals surface area contributed by atoms with Gasteiger partial charge in [0.05, 0.1) is 19.1 Å². The Labute approximate surface area is 172 Å². The Morgan fingerprint density at radius 3 is 2.58 bits per heavy atom. The molecule has 26 heavy (non-hydrogen) atoms. The van der Waals surface area contributed by atoms with Crippen molar-refractivity contribution in [3.63, 3.8) is 0 Å². The maximum atomic E-state index is 5.49. The second-order valence-electron chi connectivity index (χ2n) is 5.90. The van der Waals surface area contributed by atoms with E-state index in [1.54, 1.807) is 13.4 Å². The molecule has 1 aromatic heterocycles. The number of para-hydroxylation sites is 2. The molecule has 0 amide bonds. The topological polar surface area (TPSA) is 53.2 Å². The van der Waals surface area contributed by atoms with Crippen molar-refractivity contribution in [2.45, 2.75) is 13.5 Å². The third-order valence-electron chi connectivity index (χ3n) is 4.30. The van der Waals surface area contributed by atoms with Gasteiger partial charge in [-0.05, 0) is 31.2 Å². The number of nitrogens with zero attached hydrogens (tertiary/aromatic N) is 3. The van der Waals surface area contributed by atoms with Crippen molar-refractivity contribution in [1.82, 2.24) is 10.2 Å². The summed E-state index contributed by atoms with van der Waals surface area (Å²) in [5.41, 5.74) is 1.15. The van der Waals surface area contributed by atoms with Crippen molar-refractivity contribution in [3.05, 3.63) is 48.4 Å². The Hall–Kier alpha value is -1.90. The Morgan fingerprint density at radius 2 is 1.92 bits per heavy atom. The lowest BCUT2D eigenvalue weighted by molar-refractivity contribution is 0.366. The van der Waals surface area contributed by atoms with Gasteiger partial charge in [-0.25, -0.2) is 4.99 Å². The first-order valence-corrected chi connectivity index (χ1v) is 8.75. The van der Waals surface area contributed by atoms with Gasteiger partial charge in [-0.3, -0.25) is 0 Å². The number of furan rings is 1. The predicted molar refractivity (Wildman–Crippen MR) is 116 cm³/mol. The van der Waals surface area contributed by atoms with Crippen LogP contribution < -0.4 is 15.0 Å². The van der Waals surface area contributed by atoms with Crippen molar-refractivity contribution in [2.75, 3.05) is 44.7 Å². The molecular formula is C19H27IN4O2. The number of guanidine groups is 1. The summed E-state index contributed by atoms with van der Waals surface area (Å²) in [7, 11) is 1.72. The second-order valence-corrected chi connectivity index (χ2v) is 5.90. The van der Waals surface area contributed by atoms with Crippen LogP contribution in [0.5, 0.6) is 5.75 Å². The fourth-order valence-electron chi connectivity index (χ4n) is 3.03. The van der Waals surface area contributed by atoms with E-state index in [9.17, 15) is 0 Å². The van der Waals surface area contributed by atoms with Gasteiger partial charge in [0, 0.05) is 32.7 Å². The highest BCUT2D eigenvalue weighted by atomic mass is 127. The summed E-state index contributed by atoms with van der Waals surface area (Å²) in [6, 6.07) is 12.0. The molecule has 2 heterocycles. The smallest absolute Gasteiger partial charge is 0.194 e. The van der Waals surface area contributed by atoms with E-state index >= 15 is 0 Å². The average molecular weight is 470 g/mol. The largest absolute Gasteiger partial charge is 0.495 e. The molecule has 1 aromatic carbocycles. The molecule has 0 unspecified atom stereocenters. The average Bonchev–Trinajstić information content (AvgIpc) is 3.19. The summed E-state index contributed by atoms with van der Waals surface area (Å²) >= 11 is 0. The third kappa shape index (κ3) is 5.06. The molecule has 1 saturated heterocycles. The minimum atomic E-state index is 0. The highest BCUT2D eigenvalue weighted by molar-refractivity contribution is 14.0. The number of nitrogens with one attached hydrogen (secondary N) is 1. The van der Waals surface area contributed by atoms with Crippen LogP contribution in [0.25, 0.3) is 0 Å². The molecule has 1 N–H and O–H groups in total. The van der Waals surface area contributed by atoms with Gasteiger partial charge in [0.1, 0.15) is 18.1 Å². The highest BCUT2D eigenvalue weighted by Gasteiger charge is 2.21. The summed E-state index contributed by atoms with van der Waals surface area (Å²) in [4.78, 5) is 9.38. The standard InChI is InChI=1S/C19H26N4O2.HI/c1-3-20-19(21-15-16-7-6-14-25-16)23-12-10-22(11-13-23)17-8-4-5-9-18(17)24-2;/h4-9,14H,3,10-13,15H2,1-2H3,(H,20,21);1H. The molecular weight excluding hydrogens is 443 g/mol. The van der Waals surface area contributed by atoms with Gasteiger partial charge in [0.25, 0.3) is 0 Å². The van der Waals surface area contributed by atoms with Crippen molar-refractivity contribution in [3.8, 4) is 5.75 Å². The van der Waals surface area contributed by atoms with E-state index in [-0.39, 0.29) is 24.0 Å². The second kappa shape index (κ2) is 10.3. The van der Waals surface area contributed by atoms with Crippen LogP contribution in [0.4, 0.5) is 5.69 Å². The normalized spacial score (nSPS) is 14.8. The number of aliphatic imine (C=N–C) groups is 1. The summed E-state index contributed by atoms with van der Waals surface area (Å²) in [6.45, 7) is 7.21. The molecule has 0 radical (unpaired) electrons. The number of hydrogen-bond acceptors (Lipinski definition) is 4. The Balaban J connectivity index is 0.00000243. The number of halogens is 1. The van der Waals surface area contributed by atoms with Crippen molar-refractivity contribution in [1.29, 1.82) is 0 Å². The van der Waals surface area contributed by atoms with Crippen LogP contribution in [0.2, 0.25) is 0 Å². The summed E-state index contributed by atoms with van der Waals surface area (Å²) in [6.07, 6.45) is 1.68. The maximum Gasteiger partial charge on any atom is 0.194 e. The molecule has 3 rings (SSSR count). The lowest BCUT2D eigenvalue weighted by Gasteiger charge is -2.38. The number of methoxy groups -OCH3 is 1. The quantitative estimate of drug-likeness (QED) is 0.414. The van der Waals surface area contributed by atoms with Crippen LogP contribution in [-0.2, 0) is 6.54 Å². The molecule has 142 valence electrons. The SMILES string of the molecule is CCNC(=NCc1ccco1)N1CCN(c2ccccc2OC)CC1.I. The number of anilines is 1. The number of rotatable bonds is 5. The van der Waals surface area contributed by atoms with E-state index < -0.39 is 0 Å². The fraction of sp³-hybridized carbons (Fsp3) is 0.421. The molecule has 6 nitrogen and oxygen atoms in total. The van der Waals surface area contributed by atoms with E-state index in [0.717, 1.165) is 55.9 Å². The number of benzene rings is 1. The van der Waals surface area contributed by atoms with E-state index in [1.165, 1.54) is 0 Å². The first-order valence-electron chi connectivity index (χ1n) is 8.75. The Kier molecular flexibility index (Phi) is 8.08. The number of ether oxygens (including phenoxy) is 1. The van der Waals surface area contributed by atoms with Gasteiger partial charge in [-0.1, -0.05) is 12.1 Å². The molecule has 0 saturated carbocycles. The van der Waals surface area contributed by atoms with Gasteiger partial charge in [-0.2, -0.15) is 0 Å². The first kappa shape index (κ1) is 20.4. The van der Waals surface area contributed by atoms with Crippen LogP contribution in [0.3, 0.4) is 0 Å². The van der Waals surface area contributed by atoms with E-state index in [2.05, 4.69) is 34.2 Å². The van der Waals surface area contributed by atoms with Gasteiger partial charge < -0.3 is 24.3 Å².